The molecule has 1 fully saturated rings. The highest BCUT2D eigenvalue weighted by atomic mass is 16.6. The van der Waals surface area contributed by atoms with Crippen molar-refractivity contribution in [1.82, 2.24) is 4.90 Å². The molecule has 2 aromatic rings. The molecule has 0 saturated carbocycles. The SMILES string of the molecule is COc1ccc([C@H]2CN(Cc3ccccc3)C[C@@H]2[N+](=O)[O-])cc1. The number of ether oxygens (including phenoxy) is 1. The zero-order valence-electron chi connectivity index (χ0n) is 13.1. The molecule has 23 heavy (non-hydrogen) atoms. The maximum atomic E-state index is 11.5. The molecule has 3 rings (SSSR count). The van der Waals surface area contributed by atoms with Gasteiger partial charge in [0.25, 0.3) is 0 Å². The van der Waals surface area contributed by atoms with Crippen molar-refractivity contribution in [1.29, 1.82) is 0 Å². The molecule has 120 valence electrons. The predicted octanol–water partition coefficient (Wildman–Crippen LogP) is 2.94. The lowest BCUT2D eigenvalue weighted by molar-refractivity contribution is -0.521. The van der Waals surface area contributed by atoms with Crippen LogP contribution in [-0.4, -0.2) is 36.1 Å². The Bertz CT molecular complexity index is 658. The molecule has 1 heterocycles. The smallest absolute Gasteiger partial charge is 0.233 e. The Hall–Kier alpha value is -2.40. The minimum absolute atomic E-state index is 0.0837. The zero-order valence-corrected chi connectivity index (χ0v) is 13.1. The third kappa shape index (κ3) is 3.51. The van der Waals surface area contributed by atoms with Gasteiger partial charge in [0.1, 0.15) is 5.75 Å². The third-order valence-electron chi connectivity index (χ3n) is 4.43. The van der Waals surface area contributed by atoms with Crippen LogP contribution < -0.4 is 4.74 Å². The Morgan fingerprint density at radius 3 is 2.43 bits per heavy atom. The number of methoxy groups -OCH3 is 1. The second kappa shape index (κ2) is 6.79. The third-order valence-corrected chi connectivity index (χ3v) is 4.43. The van der Waals surface area contributed by atoms with Crippen LogP contribution in [-0.2, 0) is 6.54 Å². The van der Waals surface area contributed by atoms with E-state index in [2.05, 4.69) is 17.0 Å². The quantitative estimate of drug-likeness (QED) is 0.629. The van der Waals surface area contributed by atoms with Gasteiger partial charge in [0.05, 0.1) is 19.6 Å². The van der Waals surface area contributed by atoms with Crippen molar-refractivity contribution in [2.45, 2.75) is 18.5 Å². The van der Waals surface area contributed by atoms with Gasteiger partial charge in [-0.2, -0.15) is 0 Å². The first kappa shape index (κ1) is 15.5. The van der Waals surface area contributed by atoms with Crippen molar-refractivity contribution >= 4 is 0 Å². The number of hydrogen-bond donors (Lipinski definition) is 0. The molecule has 0 amide bonds. The maximum Gasteiger partial charge on any atom is 0.233 e. The molecule has 1 saturated heterocycles. The van der Waals surface area contributed by atoms with Crippen molar-refractivity contribution in [3.8, 4) is 5.75 Å². The van der Waals surface area contributed by atoms with Gasteiger partial charge in [0, 0.05) is 18.0 Å². The van der Waals surface area contributed by atoms with Crippen LogP contribution in [0.5, 0.6) is 5.75 Å². The fraction of sp³-hybridized carbons (Fsp3) is 0.333. The molecule has 0 spiro atoms. The van der Waals surface area contributed by atoms with E-state index in [-0.39, 0.29) is 10.8 Å². The van der Waals surface area contributed by atoms with Crippen LogP contribution in [0.25, 0.3) is 0 Å². The van der Waals surface area contributed by atoms with Crippen LogP contribution in [0.1, 0.15) is 17.0 Å². The molecule has 2 atom stereocenters. The summed E-state index contributed by atoms with van der Waals surface area (Å²) in [6.07, 6.45) is 0. The van der Waals surface area contributed by atoms with Gasteiger partial charge in [-0.25, -0.2) is 0 Å². The summed E-state index contributed by atoms with van der Waals surface area (Å²) in [7, 11) is 1.62. The lowest BCUT2D eigenvalue weighted by Crippen LogP contribution is -2.28. The van der Waals surface area contributed by atoms with E-state index in [0.717, 1.165) is 17.9 Å². The van der Waals surface area contributed by atoms with Crippen molar-refractivity contribution in [3.63, 3.8) is 0 Å². The molecule has 5 heteroatoms. The second-order valence-electron chi connectivity index (χ2n) is 5.91. The monoisotopic (exact) mass is 312 g/mol. The Morgan fingerprint density at radius 2 is 1.83 bits per heavy atom. The zero-order chi connectivity index (χ0) is 16.2. The van der Waals surface area contributed by atoms with Gasteiger partial charge in [0.15, 0.2) is 0 Å². The van der Waals surface area contributed by atoms with E-state index in [9.17, 15) is 10.1 Å². The van der Waals surface area contributed by atoms with E-state index < -0.39 is 6.04 Å². The minimum atomic E-state index is -0.563. The summed E-state index contributed by atoms with van der Waals surface area (Å²) in [4.78, 5) is 13.5. The lowest BCUT2D eigenvalue weighted by Gasteiger charge is -2.15. The van der Waals surface area contributed by atoms with Crippen molar-refractivity contribution < 1.29 is 9.66 Å². The Morgan fingerprint density at radius 1 is 1.13 bits per heavy atom. The molecule has 1 aliphatic heterocycles. The molecule has 0 N–H and O–H groups in total. The summed E-state index contributed by atoms with van der Waals surface area (Å²) in [5, 5.41) is 11.5. The largest absolute Gasteiger partial charge is 0.497 e. The summed E-state index contributed by atoms with van der Waals surface area (Å²) in [6.45, 7) is 1.93. The number of hydrogen-bond acceptors (Lipinski definition) is 4. The van der Waals surface area contributed by atoms with Crippen molar-refractivity contribution in [2.75, 3.05) is 20.2 Å². The summed E-state index contributed by atoms with van der Waals surface area (Å²) >= 11 is 0. The molecule has 0 aromatic heterocycles. The lowest BCUT2D eigenvalue weighted by atomic mass is 9.95. The van der Waals surface area contributed by atoms with Crippen LogP contribution in [0.15, 0.2) is 54.6 Å². The topological polar surface area (TPSA) is 55.6 Å². The van der Waals surface area contributed by atoms with Gasteiger partial charge in [-0.3, -0.25) is 15.0 Å². The van der Waals surface area contributed by atoms with E-state index in [1.807, 2.05) is 42.5 Å². The van der Waals surface area contributed by atoms with Crippen LogP contribution in [0.2, 0.25) is 0 Å². The highest BCUT2D eigenvalue weighted by molar-refractivity contribution is 5.31. The second-order valence-corrected chi connectivity index (χ2v) is 5.91. The molecular formula is C18H20N2O3. The average Bonchev–Trinajstić information content (AvgIpc) is 3.00. The Kier molecular flexibility index (Phi) is 4.57. The Labute approximate surface area is 135 Å². The highest BCUT2D eigenvalue weighted by Gasteiger charge is 2.41. The Balaban J connectivity index is 1.76. The number of rotatable bonds is 5. The first-order chi connectivity index (χ1) is 11.2. The van der Waals surface area contributed by atoms with Gasteiger partial charge < -0.3 is 4.74 Å². The predicted molar refractivity (Wildman–Crippen MR) is 88.2 cm³/mol. The fourth-order valence-electron chi connectivity index (χ4n) is 3.23. The summed E-state index contributed by atoms with van der Waals surface area (Å²) in [6, 6.07) is 17.1. The summed E-state index contributed by atoms with van der Waals surface area (Å²) < 4.78 is 5.16. The van der Waals surface area contributed by atoms with Crippen LogP contribution >= 0.6 is 0 Å². The van der Waals surface area contributed by atoms with Gasteiger partial charge in [-0.05, 0) is 23.3 Å². The number of nitrogens with zero attached hydrogens (tertiary/aromatic N) is 2. The van der Waals surface area contributed by atoms with Gasteiger partial charge in [0.2, 0.25) is 6.04 Å². The minimum Gasteiger partial charge on any atom is -0.497 e. The normalized spacial score (nSPS) is 21.3. The molecule has 1 aliphatic rings. The average molecular weight is 312 g/mol. The first-order valence-electron chi connectivity index (χ1n) is 7.71. The summed E-state index contributed by atoms with van der Waals surface area (Å²) in [5.74, 6) is 0.685. The molecule has 0 radical (unpaired) electrons. The first-order valence-corrected chi connectivity index (χ1v) is 7.71. The molecule has 0 unspecified atom stereocenters. The molecular weight excluding hydrogens is 292 g/mol. The fourth-order valence-corrected chi connectivity index (χ4v) is 3.23. The van der Waals surface area contributed by atoms with Crippen molar-refractivity contribution in [3.05, 3.63) is 75.8 Å². The molecule has 0 aliphatic carbocycles. The molecule has 2 aromatic carbocycles. The van der Waals surface area contributed by atoms with Gasteiger partial charge >= 0.3 is 0 Å². The molecule has 5 nitrogen and oxygen atoms in total. The van der Waals surface area contributed by atoms with E-state index in [1.54, 1.807) is 7.11 Å². The van der Waals surface area contributed by atoms with E-state index in [0.29, 0.717) is 13.1 Å². The standard InChI is InChI=1S/C18H20N2O3/c1-23-16-9-7-15(8-10-16)17-12-19(13-18(17)20(21)22)11-14-5-3-2-4-6-14/h2-10,17-18H,11-13H2,1H3/t17-,18+/m1/s1. The number of likely N-dealkylation sites (tertiary alicyclic amines) is 1. The van der Waals surface area contributed by atoms with Gasteiger partial charge in [-0.15, -0.1) is 0 Å². The maximum absolute atomic E-state index is 11.5. The number of nitro groups is 1. The molecule has 0 bridgehead atoms. The van der Waals surface area contributed by atoms with Crippen LogP contribution in [0.4, 0.5) is 0 Å². The summed E-state index contributed by atoms with van der Waals surface area (Å²) in [5.41, 5.74) is 2.19. The van der Waals surface area contributed by atoms with E-state index in [1.165, 1.54) is 5.56 Å². The van der Waals surface area contributed by atoms with E-state index in [4.69, 9.17) is 4.74 Å². The van der Waals surface area contributed by atoms with Crippen LogP contribution in [0.3, 0.4) is 0 Å². The number of benzene rings is 2. The highest BCUT2D eigenvalue weighted by Crippen LogP contribution is 2.31. The van der Waals surface area contributed by atoms with Crippen molar-refractivity contribution in [2.24, 2.45) is 0 Å². The van der Waals surface area contributed by atoms with Gasteiger partial charge in [-0.1, -0.05) is 42.5 Å². The van der Waals surface area contributed by atoms with E-state index >= 15 is 0 Å². The van der Waals surface area contributed by atoms with Crippen LogP contribution in [0, 0.1) is 10.1 Å².